The summed E-state index contributed by atoms with van der Waals surface area (Å²) in [5.74, 6) is 0. The Morgan fingerprint density at radius 3 is 1.43 bits per heavy atom. The molecule has 0 spiro atoms. The van der Waals surface area contributed by atoms with Crippen LogP contribution in [0.1, 0.15) is 11.1 Å². The summed E-state index contributed by atoms with van der Waals surface area (Å²) >= 11 is 0. The summed E-state index contributed by atoms with van der Waals surface area (Å²) in [6, 6.07) is 11.5. The van der Waals surface area contributed by atoms with Gasteiger partial charge in [0.1, 0.15) is 12.2 Å². The van der Waals surface area contributed by atoms with Crippen molar-refractivity contribution in [2.75, 3.05) is 23.7 Å². The van der Waals surface area contributed by atoms with Gasteiger partial charge in [-0.15, -0.1) is 0 Å². The summed E-state index contributed by atoms with van der Waals surface area (Å²) in [5, 5.41) is 26.9. The molecule has 0 heterocycles. The molecular formula is C20H24N2O6S2. The van der Waals surface area contributed by atoms with Crippen molar-refractivity contribution >= 4 is 42.7 Å². The number of anilines is 2. The van der Waals surface area contributed by atoms with Gasteiger partial charge in [-0.2, -0.15) is 16.8 Å². The van der Waals surface area contributed by atoms with E-state index in [2.05, 4.69) is 10.6 Å². The molecule has 2 unspecified atom stereocenters. The Balaban J connectivity index is 2.10. The highest BCUT2D eigenvalue weighted by Crippen LogP contribution is 2.28. The molecule has 0 aliphatic heterocycles. The molecule has 10 heteroatoms. The van der Waals surface area contributed by atoms with E-state index in [0.29, 0.717) is 0 Å². The maximum Gasteiger partial charge on any atom is 0.212 e. The highest BCUT2D eigenvalue weighted by Gasteiger charge is 2.08. The summed E-state index contributed by atoms with van der Waals surface area (Å²) in [6.45, 7) is 3.98. The number of aliphatic hydroxyl groups excluding tert-OH is 2. The lowest BCUT2D eigenvalue weighted by Gasteiger charge is -2.14. The minimum absolute atomic E-state index is 0.0802. The molecule has 2 rings (SSSR count). The molecule has 8 nitrogen and oxygen atoms in total. The molecule has 0 radical (unpaired) electrons. The first-order chi connectivity index (χ1) is 14.2. The lowest BCUT2D eigenvalue weighted by atomic mass is 10.00. The Hall–Kier alpha value is -2.66. The van der Waals surface area contributed by atoms with Crippen molar-refractivity contribution in [3.63, 3.8) is 0 Å². The Kier molecular flexibility index (Phi) is 8.60. The van der Waals surface area contributed by atoms with Crippen LogP contribution in [0.2, 0.25) is 0 Å². The van der Waals surface area contributed by atoms with E-state index in [1.54, 1.807) is 0 Å². The van der Waals surface area contributed by atoms with Gasteiger partial charge < -0.3 is 20.8 Å². The smallest absolute Gasteiger partial charge is 0.212 e. The van der Waals surface area contributed by atoms with E-state index in [1.807, 2.05) is 50.2 Å². The van der Waals surface area contributed by atoms with Crippen molar-refractivity contribution < 1.29 is 27.0 Å². The van der Waals surface area contributed by atoms with E-state index in [1.165, 1.54) is 0 Å². The number of aliphatic hydroxyl groups is 2. The van der Waals surface area contributed by atoms with E-state index in [9.17, 15) is 27.0 Å². The van der Waals surface area contributed by atoms with Gasteiger partial charge in [-0.05, 0) is 60.4 Å². The minimum atomic E-state index is -2.41. The number of hydrogen-bond donors (Lipinski definition) is 4. The molecule has 2 aromatic rings. The third-order valence-electron chi connectivity index (χ3n) is 4.33. The second-order valence-electron chi connectivity index (χ2n) is 6.75. The zero-order valence-electron chi connectivity index (χ0n) is 16.5. The fourth-order valence-corrected chi connectivity index (χ4v) is 3.57. The maximum atomic E-state index is 10.6. The van der Waals surface area contributed by atoms with Crippen LogP contribution in [-0.4, -0.2) is 63.1 Å². The molecule has 30 heavy (non-hydrogen) atoms. The van der Waals surface area contributed by atoms with Crippen molar-refractivity contribution in [1.29, 1.82) is 0 Å². The van der Waals surface area contributed by atoms with Crippen molar-refractivity contribution in [3.8, 4) is 11.1 Å². The minimum Gasteiger partial charge on any atom is -0.386 e. The van der Waals surface area contributed by atoms with Gasteiger partial charge in [0.25, 0.3) is 0 Å². The zero-order valence-corrected chi connectivity index (χ0v) is 18.2. The highest BCUT2D eigenvalue weighted by molar-refractivity contribution is 7.71. The van der Waals surface area contributed by atoms with Crippen LogP contribution in [0, 0.1) is 13.8 Å². The van der Waals surface area contributed by atoms with E-state index >= 15 is 0 Å². The maximum absolute atomic E-state index is 10.6. The molecule has 0 fully saturated rings. The third kappa shape index (κ3) is 7.30. The topological polar surface area (TPSA) is 133 Å². The fourth-order valence-electron chi connectivity index (χ4n) is 2.86. The van der Waals surface area contributed by atoms with Crippen LogP contribution >= 0.6 is 0 Å². The van der Waals surface area contributed by atoms with E-state index in [0.717, 1.165) is 44.4 Å². The van der Waals surface area contributed by atoms with Crippen LogP contribution in [0.5, 0.6) is 0 Å². The molecule has 0 saturated heterocycles. The Morgan fingerprint density at radius 1 is 0.767 bits per heavy atom. The van der Waals surface area contributed by atoms with E-state index in [-0.39, 0.29) is 13.1 Å². The fraction of sp³-hybridized carbons (Fsp3) is 0.300. The first kappa shape index (κ1) is 23.6. The summed E-state index contributed by atoms with van der Waals surface area (Å²) in [4.78, 5) is 0. The van der Waals surface area contributed by atoms with Crippen LogP contribution in [-0.2, 0) is 20.6 Å². The van der Waals surface area contributed by atoms with Gasteiger partial charge in [-0.3, -0.25) is 0 Å². The molecule has 0 aliphatic rings. The quantitative estimate of drug-likeness (QED) is 0.412. The molecule has 4 N–H and O–H groups in total. The molecule has 0 saturated carbocycles. The predicted octanol–water partition coefficient (Wildman–Crippen LogP) is 0.879. The standard InChI is InChI=1S/C20H24N2O6S2/c1-13-7-15(3-5-19(13)21-9-17(23)11-29(25)26)16-4-6-20(14(2)8-16)22-10-18(24)12-30(27)28/h3-8,11-12,17-18,21-24H,9-10H2,1-2H3. The van der Waals surface area contributed by atoms with Crippen molar-refractivity contribution in [1.82, 2.24) is 0 Å². The average Bonchev–Trinajstić information content (AvgIpc) is 2.65. The molecule has 2 atom stereocenters. The number of nitrogens with one attached hydrogen (secondary N) is 2. The molecule has 0 aliphatic carbocycles. The van der Waals surface area contributed by atoms with Crippen molar-refractivity contribution in [2.45, 2.75) is 26.1 Å². The second-order valence-corrected chi connectivity index (χ2v) is 8.34. The summed E-state index contributed by atoms with van der Waals surface area (Å²) in [6.07, 6.45) is -2.20. The normalized spacial score (nSPS) is 12.5. The molecule has 2 aromatic carbocycles. The van der Waals surface area contributed by atoms with Gasteiger partial charge in [-0.25, -0.2) is 0 Å². The van der Waals surface area contributed by atoms with E-state index in [4.69, 9.17) is 0 Å². The predicted molar refractivity (Wildman–Crippen MR) is 120 cm³/mol. The van der Waals surface area contributed by atoms with Gasteiger partial charge in [0.15, 0.2) is 0 Å². The molecule has 162 valence electrons. The third-order valence-corrected chi connectivity index (χ3v) is 5.40. The summed E-state index contributed by atoms with van der Waals surface area (Å²) < 4.78 is 42.3. The second kappa shape index (κ2) is 10.9. The van der Waals surface area contributed by atoms with Gasteiger partial charge in [0.2, 0.25) is 20.6 Å². The SMILES string of the molecule is Cc1cc(-c2ccc(NCC(O)C=S(=O)=O)c(C)c2)ccc1NCC(O)C=S(=O)=O. The first-order valence-corrected chi connectivity index (χ1v) is 11.3. The number of aryl methyl sites for hydroxylation is 2. The van der Waals surface area contributed by atoms with Gasteiger partial charge >= 0.3 is 0 Å². The van der Waals surface area contributed by atoms with Gasteiger partial charge in [-0.1, -0.05) is 12.1 Å². The lowest BCUT2D eigenvalue weighted by Crippen LogP contribution is -2.21. The van der Waals surface area contributed by atoms with Crippen LogP contribution in [0.4, 0.5) is 11.4 Å². The average molecular weight is 453 g/mol. The Morgan fingerprint density at radius 2 is 1.13 bits per heavy atom. The number of hydrogen-bond acceptors (Lipinski definition) is 8. The van der Waals surface area contributed by atoms with Gasteiger partial charge in [0.05, 0.1) is 10.7 Å². The van der Waals surface area contributed by atoms with Gasteiger partial charge in [0, 0.05) is 24.5 Å². The first-order valence-electron chi connectivity index (χ1n) is 9.07. The number of benzene rings is 2. The van der Waals surface area contributed by atoms with Crippen LogP contribution in [0.15, 0.2) is 36.4 Å². The Bertz CT molecular complexity index is 1060. The largest absolute Gasteiger partial charge is 0.386 e. The monoisotopic (exact) mass is 452 g/mol. The molecule has 0 amide bonds. The summed E-state index contributed by atoms with van der Waals surface area (Å²) in [7, 11) is -4.82. The van der Waals surface area contributed by atoms with Crippen LogP contribution in [0.3, 0.4) is 0 Å². The van der Waals surface area contributed by atoms with Crippen molar-refractivity contribution in [3.05, 3.63) is 47.5 Å². The zero-order chi connectivity index (χ0) is 22.3. The van der Waals surface area contributed by atoms with Crippen LogP contribution in [0.25, 0.3) is 11.1 Å². The summed E-state index contributed by atoms with van der Waals surface area (Å²) in [5.41, 5.74) is 5.42. The van der Waals surface area contributed by atoms with Crippen molar-refractivity contribution in [2.24, 2.45) is 0 Å². The van der Waals surface area contributed by atoms with E-state index < -0.39 is 32.8 Å². The van der Waals surface area contributed by atoms with Crippen LogP contribution < -0.4 is 10.6 Å². The molecule has 0 aromatic heterocycles. The number of rotatable bonds is 9. The lowest BCUT2D eigenvalue weighted by molar-refractivity contribution is 0.261. The highest BCUT2D eigenvalue weighted by atomic mass is 32.2. The Labute approximate surface area is 178 Å². The molecule has 0 bridgehead atoms. The molecular weight excluding hydrogens is 428 g/mol.